The van der Waals surface area contributed by atoms with Crippen LogP contribution >= 0.6 is 0 Å². The average molecular weight is 727 g/mol. The molecule has 1 rings (SSSR count). The number of unbranched alkanes of at least 4 members (excludes halogenated alkanes) is 20. The van der Waals surface area contributed by atoms with Crippen LogP contribution in [-0.4, -0.2) is 89.6 Å². The van der Waals surface area contributed by atoms with E-state index in [0.29, 0.717) is 13.0 Å². The Bertz CT molecular complexity index is 833. The fourth-order valence-electron chi connectivity index (χ4n) is 6.23. The van der Waals surface area contributed by atoms with Gasteiger partial charge in [-0.25, -0.2) is 0 Å². The van der Waals surface area contributed by atoms with E-state index in [9.17, 15) is 25.2 Å². The van der Waals surface area contributed by atoms with E-state index in [2.05, 4.69) is 38.2 Å². The van der Waals surface area contributed by atoms with E-state index in [4.69, 9.17) is 18.9 Å². The molecule has 0 saturated carbocycles. The fourth-order valence-corrected chi connectivity index (χ4v) is 6.23. The summed E-state index contributed by atoms with van der Waals surface area (Å²) >= 11 is 0. The van der Waals surface area contributed by atoms with Crippen molar-refractivity contribution in [1.82, 2.24) is 0 Å². The second kappa shape index (κ2) is 34.4. The molecule has 0 amide bonds. The standard InChI is InChI=1S/C42H78O9/c1-3-5-7-9-11-13-15-17-18-19-20-21-23-25-27-29-31-38(44)50-36(35-49-42-41(47)40(46)39(45)37(33-43)51-42)34-48-32-30-28-26-24-22-16-14-12-10-8-6-4-2/h10,12,18-19,36-37,39-43,45-47H,3-9,11,13-17,20-35H2,1-2H3/b12-10-,19-18-. The van der Waals surface area contributed by atoms with Crippen LogP contribution in [0.25, 0.3) is 0 Å². The number of rotatable bonds is 35. The first kappa shape index (κ1) is 47.7. The number of hydrogen-bond acceptors (Lipinski definition) is 9. The zero-order chi connectivity index (χ0) is 37.2. The molecular weight excluding hydrogens is 648 g/mol. The third kappa shape index (κ3) is 26.1. The largest absolute Gasteiger partial charge is 0.457 e. The Morgan fingerprint density at radius 2 is 1.10 bits per heavy atom. The summed E-state index contributed by atoms with van der Waals surface area (Å²) in [7, 11) is 0. The first-order valence-electron chi connectivity index (χ1n) is 20.9. The number of carbonyl (C=O) groups excluding carboxylic acids is 1. The van der Waals surface area contributed by atoms with Gasteiger partial charge in [-0.1, -0.05) is 134 Å². The second-order valence-corrected chi connectivity index (χ2v) is 14.4. The van der Waals surface area contributed by atoms with Crippen LogP contribution in [0.2, 0.25) is 0 Å². The van der Waals surface area contributed by atoms with Gasteiger partial charge in [0.05, 0.1) is 19.8 Å². The first-order chi connectivity index (χ1) is 24.9. The van der Waals surface area contributed by atoms with Crippen molar-refractivity contribution in [3.8, 4) is 0 Å². The van der Waals surface area contributed by atoms with Gasteiger partial charge in [0.15, 0.2) is 6.29 Å². The molecule has 1 saturated heterocycles. The van der Waals surface area contributed by atoms with E-state index in [-0.39, 0.29) is 19.2 Å². The van der Waals surface area contributed by atoms with Crippen LogP contribution in [0.4, 0.5) is 0 Å². The summed E-state index contributed by atoms with van der Waals surface area (Å²) in [6.07, 6.45) is 30.6. The number of allylic oxidation sites excluding steroid dienone is 4. The van der Waals surface area contributed by atoms with Gasteiger partial charge in [-0.05, 0) is 57.8 Å². The van der Waals surface area contributed by atoms with E-state index in [1.54, 1.807) is 0 Å². The van der Waals surface area contributed by atoms with Gasteiger partial charge < -0.3 is 39.4 Å². The van der Waals surface area contributed by atoms with Crippen molar-refractivity contribution in [2.75, 3.05) is 26.4 Å². The highest BCUT2D eigenvalue weighted by Gasteiger charge is 2.44. The Morgan fingerprint density at radius 1 is 0.608 bits per heavy atom. The molecule has 0 aliphatic carbocycles. The lowest BCUT2D eigenvalue weighted by Crippen LogP contribution is -2.59. The van der Waals surface area contributed by atoms with Crippen molar-refractivity contribution < 1.29 is 44.2 Å². The van der Waals surface area contributed by atoms with Gasteiger partial charge in [-0.2, -0.15) is 0 Å². The van der Waals surface area contributed by atoms with Crippen LogP contribution in [0.3, 0.4) is 0 Å². The fraction of sp³-hybridized carbons (Fsp3) is 0.881. The number of ether oxygens (including phenoxy) is 4. The Labute approximate surface area is 311 Å². The minimum atomic E-state index is -1.54. The third-order valence-electron chi connectivity index (χ3n) is 9.59. The molecule has 4 N–H and O–H groups in total. The normalized spacial score (nSPS) is 21.6. The highest BCUT2D eigenvalue weighted by molar-refractivity contribution is 5.69. The van der Waals surface area contributed by atoms with Crippen molar-refractivity contribution in [1.29, 1.82) is 0 Å². The molecule has 0 bridgehead atoms. The maximum Gasteiger partial charge on any atom is 0.306 e. The minimum absolute atomic E-state index is 0.117. The maximum atomic E-state index is 12.7. The minimum Gasteiger partial charge on any atom is -0.457 e. The summed E-state index contributed by atoms with van der Waals surface area (Å²) in [5, 5.41) is 40.0. The lowest BCUT2D eigenvalue weighted by atomic mass is 9.99. The zero-order valence-electron chi connectivity index (χ0n) is 32.6. The molecule has 0 aromatic rings. The van der Waals surface area contributed by atoms with E-state index in [0.717, 1.165) is 57.8 Å². The maximum absolute atomic E-state index is 12.7. The molecule has 1 fully saturated rings. The number of aliphatic hydroxyl groups excluding tert-OH is 4. The number of esters is 1. The van der Waals surface area contributed by atoms with Crippen LogP contribution in [0.1, 0.15) is 174 Å². The highest BCUT2D eigenvalue weighted by atomic mass is 16.7. The number of carbonyl (C=O) groups is 1. The molecular formula is C42H78O9. The van der Waals surface area contributed by atoms with Crippen molar-refractivity contribution in [3.05, 3.63) is 24.3 Å². The van der Waals surface area contributed by atoms with Gasteiger partial charge in [0, 0.05) is 13.0 Å². The van der Waals surface area contributed by atoms with Crippen LogP contribution in [0, 0.1) is 0 Å². The molecule has 1 heterocycles. The Morgan fingerprint density at radius 3 is 1.65 bits per heavy atom. The summed E-state index contributed by atoms with van der Waals surface area (Å²) in [5.41, 5.74) is 0. The Hall–Kier alpha value is -1.33. The van der Waals surface area contributed by atoms with E-state index >= 15 is 0 Å². The predicted octanol–water partition coefficient (Wildman–Crippen LogP) is 8.64. The molecule has 6 unspecified atom stereocenters. The molecule has 0 spiro atoms. The van der Waals surface area contributed by atoms with Crippen molar-refractivity contribution >= 4 is 5.97 Å². The smallest absolute Gasteiger partial charge is 0.306 e. The number of aliphatic hydroxyl groups is 4. The van der Waals surface area contributed by atoms with Gasteiger partial charge in [-0.15, -0.1) is 0 Å². The average Bonchev–Trinajstić information content (AvgIpc) is 3.13. The van der Waals surface area contributed by atoms with Gasteiger partial charge in [0.25, 0.3) is 0 Å². The van der Waals surface area contributed by atoms with E-state index in [1.165, 1.54) is 96.3 Å². The van der Waals surface area contributed by atoms with Crippen LogP contribution in [-0.2, 0) is 23.7 Å². The van der Waals surface area contributed by atoms with Crippen LogP contribution in [0.15, 0.2) is 24.3 Å². The monoisotopic (exact) mass is 727 g/mol. The second-order valence-electron chi connectivity index (χ2n) is 14.4. The van der Waals surface area contributed by atoms with Crippen molar-refractivity contribution in [2.24, 2.45) is 0 Å². The molecule has 0 radical (unpaired) electrons. The molecule has 9 heteroatoms. The summed E-state index contributed by atoms with van der Waals surface area (Å²) in [6, 6.07) is 0. The van der Waals surface area contributed by atoms with Crippen molar-refractivity contribution in [3.63, 3.8) is 0 Å². The van der Waals surface area contributed by atoms with Gasteiger partial charge in [0.2, 0.25) is 0 Å². The van der Waals surface area contributed by atoms with Gasteiger partial charge in [0.1, 0.15) is 30.5 Å². The Balaban J connectivity index is 2.30. The number of hydrogen-bond donors (Lipinski definition) is 4. The molecule has 300 valence electrons. The van der Waals surface area contributed by atoms with Crippen LogP contribution < -0.4 is 0 Å². The molecule has 1 aliphatic heterocycles. The molecule has 1 aliphatic rings. The molecule has 9 nitrogen and oxygen atoms in total. The van der Waals surface area contributed by atoms with Crippen LogP contribution in [0.5, 0.6) is 0 Å². The zero-order valence-corrected chi connectivity index (χ0v) is 32.6. The molecule has 51 heavy (non-hydrogen) atoms. The van der Waals surface area contributed by atoms with E-state index in [1.807, 2.05) is 0 Å². The predicted molar refractivity (Wildman–Crippen MR) is 205 cm³/mol. The lowest BCUT2D eigenvalue weighted by Gasteiger charge is -2.39. The Kier molecular flexibility index (Phi) is 32.2. The highest BCUT2D eigenvalue weighted by Crippen LogP contribution is 2.22. The quantitative estimate of drug-likeness (QED) is 0.0288. The first-order valence-corrected chi connectivity index (χ1v) is 20.9. The lowest BCUT2D eigenvalue weighted by molar-refractivity contribution is -0.305. The summed E-state index contributed by atoms with van der Waals surface area (Å²) in [4.78, 5) is 12.7. The summed E-state index contributed by atoms with van der Waals surface area (Å²) in [5.74, 6) is -0.325. The third-order valence-corrected chi connectivity index (χ3v) is 9.59. The SMILES string of the molecule is CCCC/C=C\CCCCCCCCOCC(COC1OC(CO)C(O)C(O)C1O)OC(=O)CCCCCCC/C=C\CCCCCCCCC. The summed E-state index contributed by atoms with van der Waals surface area (Å²) in [6.45, 7) is 4.50. The van der Waals surface area contributed by atoms with Gasteiger partial charge >= 0.3 is 5.97 Å². The van der Waals surface area contributed by atoms with Gasteiger partial charge in [-0.3, -0.25) is 4.79 Å². The van der Waals surface area contributed by atoms with E-state index < -0.39 is 43.4 Å². The van der Waals surface area contributed by atoms with Crippen molar-refractivity contribution in [2.45, 2.75) is 211 Å². The summed E-state index contributed by atoms with van der Waals surface area (Å²) < 4.78 is 22.7. The molecule has 0 aromatic carbocycles. The topological polar surface area (TPSA) is 135 Å². The molecule has 0 aromatic heterocycles. The molecule has 6 atom stereocenters.